The topological polar surface area (TPSA) is 51.2 Å². The minimum Gasteiger partial charge on any atom is -0.493 e. The molecule has 1 aromatic carbocycles. The maximum absolute atomic E-state index is 12.2. The third-order valence-corrected chi connectivity index (χ3v) is 4.07. The predicted molar refractivity (Wildman–Crippen MR) is 80.3 cm³/mol. The normalized spacial score (nSPS) is 12.7. The van der Waals surface area contributed by atoms with Gasteiger partial charge in [0.15, 0.2) is 0 Å². The number of nitrogens with one attached hydrogen (secondary N) is 1. The van der Waals surface area contributed by atoms with Crippen LogP contribution >= 0.6 is 15.9 Å². The molecule has 0 aliphatic carbocycles. The van der Waals surface area contributed by atoms with E-state index < -0.39 is 0 Å². The number of halogens is 1. The Morgan fingerprint density at radius 1 is 1.40 bits per heavy atom. The maximum atomic E-state index is 12.2. The molecule has 5 heteroatoms. The number of hydrogen-bond donors (Lipinski definition) is 1. The average molecular weight is 333 g/mol. The van der Waals surface area contributed by atoms with Crippen molar-refractivity contribution in [2.45, 2.75) is 13.3 Å². The smallest absolute Gasteiger partial charge is 0.256 e. The van der Waals surface area contributed by atoms with Crippen LogP contribution < -0.4 is 10.1 Å². The molecular weight excluding hydrogens is 320 g/mol. The summed E-state index contributed by atoms with van der Waals surface area (Å²) in [5.74, 6) is 1.26. The van der Waals surface area contributed by atoms with Crippen LogP contribution in [0.25, 0.3) is 0 Å². The molecule has 0 unspecified atom stereocenters. The summed E-state index contributed by atoms with van der Waals surface area (Å²) >= 11 is 3.39. The quantitative estimate of drug-likeness (QED) is 0.917. The van der Waals surface area contributed by atoms with Gasteiger partial charge in [0, 0.05) is 22.7 Å². The number of pyridine rings is 1. The van der Waals surface area contributed by atoms with Crippen LogP contribution in [-0.2, 0) is 6.42 Å². The Morgan fingerprint density at radius 3 is 3.05 bits per heavy atom. The first-order chi connectivity index (χ1) is 9.63. The average Bonchev–Trinajstić information content (AvgIpc) is 2.90. The fourth-order valence-electron chi connectivity index (χ4n) is 2.12. The van der Waals surface area contributed by atoms with Crippen LogP contribution in [0.4, 0.5) is 5.82 Å². The molecule has 1 aliphatic rings. The van der Waals surface area contributed by atoms with Crippen molar-refractivity contribution >= 4 is 27.7 Å². The number of anilines is 1. The molecule has 0 atom stereocenters. The molecular formula is C15H13BrN2O2. The standard InChI is InChI=1S/C15H13BrN2O2/c1-9-6-14(17-8-12(9)16)18-15(19)11-2-3-13-10(7-11)4-5-20-13/h2-3,6-8H,4-5H2,1H3,(H,17,18,19). The highest BCUT2D eigenvalue weighted by molar-refractivity contribution is 9.10. The van der Waals surface area contributed by atoms with Crippen LogP contribution in [0.2, 0.25) is 0 Å². The van der Waals surface area contributed by atoms with Gasteiger partial charge in [-0.1, -0.05) is 0 Å². The molecule has 0 spiro atoms. The van der Waals surface area contributed by atoms with E-state index in [1.165, 1.54) is 0 Å². The number of hydrogen-bond acceptors (Lipinski definition) is 3. The van der Waals surface area contributed by atoms with E-state index in [2.05, 4.69) is 26.2 Å². The summed E-state index contributed by atoms with van der Waals surface area (Å²) in [5, 5.41) is 2.81. The van der Waals surface area contributed by atoms with Crippen LogP contribution in [-0.4, -0.2) is 17.5 Å². The van der Waals surface area contributed by atoms with E-state index in [1.807, 2.05) is 25.1 Å². The number of aryl methyl sites for hydroxylation is 1. The zero-order chi connectivity index (χ0) is 14.1. The number of fused-ring (bicyclic) bond motifs is 1. The molecule has 1 amide bonds. The summed E-state index contributed by atoms with van der Waals surface area (Å²) in [6.07, 6.45) is 2.54. The summed E-state index contributed by atoms with van der Waals surface area (Å²) in [6, 6.07) is 7.32. The van der Waals surface area contributed by atoms with Crippen molar-refractivity contribution in [3.63, 3.8) is 0 Å². The van der Waals surface area contributed by atoms with E-state index in [0.29, 0.717) is 18.0 Å². The third-order valence-electron chi connectivity index (χ3n) is 3.24. The summed E-state index contributed by atoms with van der Waals surface area (Å²) in [4.78, 5) is 16.4. The monoisotopic (exact) mass is 332 g/mol. The Hall–Kier alpha value is -1.88. The molecule has 0 fully saturated rings. The molecule has 3 rings (SSSR count). The third kappa shape index (κ3) is 2.54. The van der Waals surface area contributed by atoms with Crippen molar-refractivity contribution in [1.29, 1.82) is 0 Å². The Balaban J connectivity index is 1.80. The number of aromatic nitrogens is 1. The second-order valence-corrected chi connectivity index (χ2v) is 5.55. The van der Waals surface area contributed by atoms with Crippen LogP contribution in [0.15, 0.2) is 34.9 Å². The lowest BCUT2D eigenvalue weighted by atomic mass is 10.1. The summed E-state index contributed by atoms with van der Waals surface area (Å²) in [5.41, 5.74) is 2.73. The number of carbonyl (C=O) groups is 1. The molecule has 1 N–H and O–H groups in total. The van der Waals surface area contributed by atoms with Crippen LogP contribution in [0.3, 0.4) is 0 Å². The van der Waals surface area contributed by atoms with Crippen molar-refractivity contribution in [1.82, 2.24) is 4.98 Å². The van der Waals surface area contributed by atoms with Gasteiger partial charge in [-0.25, -0.2) is 4.98 Å². The largest absolute Gasteiger partial charge is 0.493 e. The molecule has 1 aromatic heterocycles. The van der Waals surface area contributed by atoms with Gasteiger partial charge in [-0.3, -0.25) is 4.79 Å². The van der Waals surface area contributed by atoms with E-state index in [0.717, 1.165) is 27.8 Å². The Morgan fingerprint density at radius 2 is 2.25 bits per heavy atom. The van der Waals surface area contributed by atoms with Crippen LogP contribution in [0, 0.1) is 6.92 Å². The van der Waals surface area contributed by atoms with Crippen molar-refractivity contribution in [2.75, 3.05) is 11.9 Å². The van der Waals surface area contributed by atoms with Gasteiger partial charge < -0.3 is 10.1 Å². The minimum absolute atomic E-state index is 0.158. The fourth-order valence-corrected chi connectivity index (χ4v) is 2.34. The second-order valence-electron chi connectivity index (χ2n) is 4.69. The van der Waals surface area contributed by atoms with Crippen molar-refractivity contribution in [3.05, 3.63) is 51.6 Å². The maximum Gasteiger partial charge on any atom is 0.256 e. The lowest BCUT2D eigenvalue weighted by Crippen LogP contribution is -2.13. The van der Waals surface area contributed by atoms with Gasteiger partial charge >= 0.3 is 0 Å². The van der Waals surface area contributed by atoms with E-state index in [4.69, 9.17) is 4.74 Å². The van der Waals surface area contributed by atoms with Gasteiger partial charge in [-0.05, 0) is 58.2 Å². The molecule has 2 aromatic rings. The van der Waals surface area contributed by atoms with E-state index in [-0.39, 0.29) is 5.91 Å². The van der Waals surface area contributed by atoms with Gasteiger partial charge in [0.1, 0.15) is 11.6 Å². The first-order valence-corrected chi connectivity index (χ1v) is 7.12. The molecule has 2 heterocycles. The van der Waals surface area contributed by atoms with Gasteiger partial charge in [0.25, 0.3) is 5.91 Å². The zero-order valence-corrected chi connectivity index (χ0v) is 12.5. The molecule has 102 valence electrons. The summed E-state index contributed by atoms with van der Waals surface area (Å²) < 4.78 is 6.35. The number of carbonyl (C=O) groups excluding carboxylic acids is 1. The van der Waals surface area contributed by atoms with Crippen molar-refractivity contribution in [3.8, 4) is 5.75 Å². The number of ether oxygens (including phenoxy) is 1. The molecule has 0 saturated heterocycles. The Bertz CT molecular complexity index is 686. The molecule has 1 aliphatic heterocycles. The molecule has 20 heavy (non-hydrogen) atoms. The SMILES string of the molecule is Cc1cc(NC(=O)c2ccc3c(c2)CCO3)ncc1Br. The summed E-state index contributed by atoms with van der Waals surface area (Å²) in [6.45, 7) is 2.64. The number of benzene rings is 1. The van der Waals surface area contributed by atoms with Crippen molar-refractivity contribution < 1.29 is 9.53 Å². The molecule has 0 bridgehead atoms. The van der Waals surface area contributed by atoms with Gasteiger partial charge in [-0.15, -0.1) is 0 Å². The molecule has 0 saturated carbocycles. The highest BCUT2D eigenvalue weighted by Gasteiger charge is 2.15. The lowest BCUT2D eigenvalue weighted by molar-refractivity contribution is 0.102. The lowest BCUT2D eigenvalue weighted by Gasteiger charge is -2.07. The molecule has 4 nitrogen and oxygen atoms in total. The molecule has 0 radical (unpaired) electrons. The fraction of sp³-hybridized carbons (Fsp3) is 0.200. The Kier molecular flexibility index (Phi) is 3.44. The highest BCUT2D eigenvalue weighted by Crippen LogP contribution is 2.26. The zero-order valence-electron chi connectivity index (χ0n) is 10.9. The summed E-state index contributed by atoms with van der Waals surface area (Å²) in [7, 11) is 0. The van der Waals surface area contributed by atoms with Gasteiger partial charge in [0.05, 0.1) is 6.61 Å². The van der Waals surface area contributed by atoms with Gasteiger partial charge in [0.2, 0.25) is 0 Å². The van der Waals surface area contributed by atoms with E-state index >= 15 is 0 Å². The number of rotatable bonds is 2. The van der Waals surface area contributed by atoms with E-state index in [9.17, 15) is 4.79 Å². The Labute approximate surface area is 125 Å². The van der Waals surface area contributed by atoms with E-state index in [1.54, 1.807) is 12.3 Å². The first-order valence-electron chi connectivity index (χ1n) is 6.33. The first kappa shape index (κ1) is 13.1. The predicted octanol–water partition coefficient (Wildman–Crippen LogP) is 3.34. The van der Waals surface area contributed by atoms with Crippen LogP contribution in [0.1, 0.15) is 21.5 Å². The highest BCUT2D eigenvalue weighted by atomic mass is 79.9. The minimum atomic E-state index is -0.158. The van der Waals surface area contributed by atoms with Gasteiger partial charge in [-0.2, -0.15) is 0 Å². The second kappa shape index (κ2) is 5.25. The van der Waals surface area contributed by atoms with Crippen LogP contribution in [0.5, 0.6) is 5.75 Å². The number of amides is 1. The number of nitrogens with zero attached hydrogens (tertiary/aromatic N) is 1. The van der Waals surface area contributed by atoms with Crippen molar-refractivity contribution in [2.24, 2.45) is 0 Å².